The molecular formula is C13H12N2O. The SMILES string of the molecule is Nc1ccc(C(=O)c2ccccc2N)cc1. The van der Waals surface area contributed by atoms with Gasteiger partial charge in [0.2, 0.25) is 0 Å². The molecule has 3 heteroatoms. The fourth-order valence-corrected chi connectivity index (χ4v) is 1.49. The van der Waals surface area contributed by atoms with Crippen LogP contribution in [0.5, 0.6) is 0 Å². The van der Waals surface area contributed by atoms with Crippen LogP contribution in [0.4, 0.5) is 11.4 Å². The van der Waals surface area contributed by atoms with Gasteiger partial charge in [0.15, 0.2) is 5.78 Å². The van der Waals surface area contributed by atoms with E-state index in [1.54, 1.807) is 48.5 Å². The van der Waals surface area contributed by atoms with Crippen molar-refractivity contribution < 1.29 is 4.79 Å². The van der Waals surface area contributed by atoms with Crippen molar-refractivity contribution in [2.24, 2.45) is 0 Å². The van der Waals surface area contributed by atoms with Crippen molar-refractivity contribution in [2.75, 3.05) is 11.5 Å². The number of carbonyl (C=O) groups excluding carboxylic acids is 1. The third-order valence-electron chi connectivity index (χ3n) is 2.38. The largest absolute Gasteiger partial charge is 0.399 e. The molecular weight excluding hydrogens is 200 g/mol. The third kappa shape index (κ3) is 1.88. The molecule has 0 spiro atoms. The van der Waals surface area contributed by atoms with Crippen molar-refractivity contribution in [1.29, 1.82) is 0 Å². The molecule has 0 bridgehead atoms. The Morgan fingerprint density at radius 3 is 2.12 bits per heavy atom. The van der Waals surface area contributed by atoms with Crippen LogP contribution in [0, 0.1) is 0 Å². The summed E-state index contributed by atoms with van der Waals surface area (Å²) in [6.07, 6.45) is 0. The predicted octanol–water partition coefficient (Wildman–Crippen LogP) is 2.08. The lowest BCUT2D eigenvalue weighted by Crippen LogP contribution is -2.05. The van der Waals surface area contributed by atoms with E-state index in [4.69, 9.17) is 11.5 Å². The zero-order valence-corrected chi connectivity index (χ0v) is 8.68. The van der Waals surface area contributed by atoms with E-state index >= 15 is 0 Å². The van der Waals surface area contributed by atoms with Gasteiger partial charge in [-0.2, -0.15) is 0 Å². The number of nitrogens with two attached hydrogens (primary N) is 2. The smallest absolute Gasteiger partial charge is 0.195 e. The first-order chi connectivity index (χ1) is 7.68. The van der Waals surface area contributed by atoms with E-state index < -0.39 is 0 Å². The number of carbonyl (C=O) groups is 1. The second-order valence-corrected chi connectivity index (χ2v) is 3.54. The lowest BCUT2D eigenvalue weighted by atomic mass is 10.0. The summed E-state index contributed by atoms with van der Waals surface area (Å²) in [6, 6.07) is 13.8. The van der Waals surface area contributed by atoms with Crippen LogP contribution < -0.4 is 11.5 Å². The van der Waals surface area contributed by atoms with Gasteiger partial charge in [-0.25, -0.2) is 0 Å². The monoisotopic (exact) mass is 212 g/mol. The van der Waals surface area contributed by atoms with E-state index in [1.165, 1.54) is 0 Å². The summed E-state index contributed by atoms with van der Waals surface area (Å²) in [5.41, 5.74) is 13.5. The van der Waals surface area contributed by atoms with Crippen molar-refractivity contribution >= 4 is 17.2 Å². The minimum absolute atomic E-state index is 0.0851. The van der Waals surface area contributed by atoms with Crippen LogP contribution in [0.3, 0.4) is 0 Å². The Balaban J connectivity index is 2.40. The van der Waals surface area contributed by atoms with Crippen LogP contribution in [-0.2, 0) is 0 Å². The molecule has 0 fully saturated rings. The van der Waals surface area contributed by atoms with Gasteiger partial charge in [0.1, 0.15) is 0 Å². The molecule has 0 aliphatic heterocycles. The van der Waals surface area contributed by atoms with Crippen LogP contribution in [0.1, 0.15) is 15.9 Å². The number of anilines is 2. The molecule has 2 aromatic rings. The summed E-state index contributed by atoms with van der Waals surface area (Å²) in [5, 5.41) is 0. The zero-order valence-electron chi connectivity index (χ0n) is 8.68. The fraction of sp³-hybridized carbons (Fsp3) is 0. The Hall–Kier alpha value is -2.29. The average Bonchev–Trinajstić information content (AvgIpc) is 2.30. The van der Waals surface area contributed by atoms with Crippen molar-refractivity contribution in [3.05, 3.63) is 59.7 Å². The molecule has 0 aromatic heterocycles. The minimum Gasteiger partial charge on any atom is -0.399 e. The number of hydrogen-bond donors (Lipinski definition) is 2. The van der Waals surface area contributed by atoms with Gasteiger partial charge in [0.05, 0.1) is 0 Å². The number of ketones is 1. The average molecular weight is 212 g/mol. The highest BCUT2D eigenvalue weighted by molar-refractivity contribution is 6.12. The number of nitrogen functional groups attached to an aromatic ring is 2. The number of benzene rings is 2. The molecule has 16 heavy (non-hydrogen) atoms. The van der Waals surface area contributed by atoms with Gasteiger partial charge in [-0.15, -0.1) is 0 Å². The lowest BCUT2D eigenvalue weighted by molar-refractivity contribution is 0.103. The molecule has 4 N–H and O–H groups in total. The Morgan fingerprint density at radius 1 is 0.875 bits per heavy atom. The molecule has 0 saturated carbocycles. The van der Waals surface area contributed by atoms with Crippen molar-refractivity contribution in [3.8, 4) is 0 Å². The highest BCUT2D eigenvalue weighted by atomic mass is 16.1. The van der Waals surface area contributed by atoms with Crippen LogP contribution in [0.15, 0.2) is 48.5 Å². The molecule has 0 saturated heterocycles. The van der Waals surface area contributed by atoms with E-state index in [-0.39, 0.29) is 5.78 Å². The highest BCUT2D eigenvalue weighted by Gasteiger charge is 2.10. The number of para-hydroxylation sites is 1. The van der Waals surface area contributed by atoms with Gasteiger partial charge < -0.3 is 11.5 Å². The van der Waals surface area contributed by atoms with Crippen molar-refractivity contribution in [1.82, 2.24) is 0 Å². The van der Waals surface area contributed by atoms with Gasteiger partial charge in [0.25, 0.3) is 0 Å². The maximum absolute atomic E-state index is 12.1. The molecule has 0 unspecified atom stereocenters. The Bertz CT molecular complexity index is 518. The first-order valence-corrected chi connectivity index (χ1v) is 4.93. The quantitative estimate of drug-likeness (QED) is 0.591. The van der Waals surface area contributed by atoms with Crippen LogP contribution in [0.25, 0.3) is 0 Å². The molecule has 0 radical (unpaired) electrons. The summed E-state index contributed by atoms with van der Waals surface area (Å²) < 4.78 is 0. The summed E-state index contributed by atoms with van der Waals surface area (Å²) in [5.74, 6) is -0.0851. The molecule has 3 nitrogen and oxygen atoms in total. The molecule has 0 heterocycles. The number of rotatable bonds is 2. The first kappa shape index (κ1) is 10.2. The first-order valence-electron chi connectivity index (χ1n) is 4.93. The topological polar surface area (TPSA) is 69.1 Å². The van der Waals surface area contributed by atoms with E-state index in [0.717, 1.165) is 0 Å². The Morgan fingerprint density at radius 2 is 1.50 bits per heavy atom. The molecule has 2 rings (SSSR count). The van der Waals surface area contributed by atoms with Crippen molar-refractivity contribution in [2.45, 2.75) is 0 Å². The predicted molar refractivity (Wildman–Crippen MR) is 65.1 cm³/mol. The molecule has 2 aromatic carbocycles. The summed E-state index contributed by atoms with van der Waals surface area (Å²) in [7, 11) is 0. The van der Waals surface area contributed by atoms with Gasteiger partial charge in [-0.3, -0.25) is 4.79 Å². The molecule has 0 atom stereocenters. The van der Waals surface area contributed by atoms with Crippen LogP contribution >= 0.6 is 0 Å². The summed E-state index contributed by atoms with van der Waals surface area (Å²) in [6.45, 7) is 0. The number of hydrogen-bond acceptors (Lipinski definition) is 3. The molecule has 0 amide bonds. The van der Waals surface area contributed by atoms with Gasteiger partial charge in [-0.05, 0) is 36.4 Å². The van der Waals surface area contributed by atoms with E-state index in [0.29, 0.717) is 22.5 Å². The highest BCUT2D eigenvalue weighted by Crippen LogP contribution is 2.16. The second-order valence-electron chi connectivity index (χ2n) is 3.54. The van der Waals surface area contributed by atoms with Crippen LogP contribution in [-0.4, -0.2) is 5.78 Å². The van der Waals surface area contributed by atoms with Crippen molar-refractivity contribution in [3.63, 3.8) is 0 Å². The van der Waals surface area contributed by atoms with E-state index in [9.17, 15) is 4.79 Å². The standard InChI is InChI=1S/C13H12N2O/c14-10-7-5-9(6-8-10)13(16)11-3-1-2-4-12(11)15/h1-8H,14-15H2. The van der Waals surface area contributed by atoms with Gasteiger partial charge in [0, 0.05) is 22.5 Å². The molecule has 0 aliphatic rings. The van der Waals surface area contributed by atoms with E-state index in [1.807, 2.05) is 0 Å². The second kappa shape index (κ2) is 4.06. The molecule has 80 valence electrons. The Kier molecular flexibility index (Phi) is 2.60. The summed E-state index contributed by atoms with van der Waals surface area (Å²) >= 11 is 0. The maximum atomic E-state index is 12.1. The van der Waals surface area contributed by atoms with Gasteiger partial charge in [-0.1, -0.05) is 12.1 Å². The normalized spacial score (nSPS) is 10.0. The maximum Gasteiger partial charge on any atom is 0.195 e. The summed E-state index contributed by atoms with van der Waals surface area (Å²) in [4.78, 5) is 12.1. The van der Waals surface area contributed by atoms with Crippen LogP contribution in [0.2, 0.25) is 0 Å². The fourth-order valence-electron chi connectivity index (χ4n) is 1.49. The molecule has 0 aliphatic carbocycles. The van der Waals surface area contributed by atoms with Gasteiger partial charge >= 0.3 is 0 Å². The Labute approximate surface area is 93.7 Å². The third-order valence-corrected chi connectivity index (χ3v) is 2.38. The zero-order chi connectivity index (χ0) is 11.5. The van der Waals surface area contributed by atoms with E-state index in [2.05, 4.69) is 0 Å². The minimum atomic E-state index is -0.0851. The lowest BCUT2D eigenvalue weighted by Gasteiger charge is -2.04.